The number of hydrogen-bond acceptors (Lipinski definition) is 3. The van der Waals surface area contributed by atoms with Crippen LogP contribution in [-0.2, 0) is 10.0 Å². The largest absolute Gasteiger partial charge is 0.314 e. The Morgan fingerprint density at radius 2 is 2.05 bits per heavy atom. The molecule has 1 aromatic rings. The quantitative estimate of drug-likeness (QED) is 0.928. The summed E-state index contributed by atoms with van der Waals surface area (Å²) >= 11 is 5.79. The van der Waals surface area contributed by atoms with Crippen molar-refractivity contribution in [2.45, 2.75) is 13.0 Å². The van der Waals surface area contributed by atoms with Crippen LogP contribution in [0.1, 0.15) is 12.5 Å². The fourth-order valence-corrected chi connectivity index (χ4v) is 3.55. The summed E-state index contributed by atoms with van der Waals surface area (Å²) in [6.45, 7) is 3.79. The predicted molar refractivity (Wildman–Crippen MR) is 78.4 cm³/mol. The summed E-state index contributed by atoms with van der Waals surface area (Å²) in [4.78, 5) is 0. The third kappa shape index (κ3) is 3.79. The van der Waals surface area contributed by atoms with Crippen molar-refractivity contribution in [3.8, 4) is 0 Å². The van der Waals surface area contributed by atoms with E-state index >= 15 is 0 Å². The molecule has 4 nitrogen and oxygen atoms in total. The van der Waals surface area contributed by atoms with Crippen LogP contribution in [0, 0.1) is 0 Å². The SMILES string of the molecule is C[C@@H]1CNCCN1S(=O)(=O)/C=C/c1ccc(Cl)cc1. The van der Waals surface area contributed by atoms with E-state index in [2.05, 4.69) is 5.32 Å². The minimum atomic E-state index is -3.36. The molecule has 0 amide bonds. The lowest BCUT2D eigenvalue weighted by Gasteiger charge is -2.31. The molecule has 1 N–H and O–H groups in total. The molecule has 1 atom stereocenters. The summed E-state index contributed by atoms with van der Waals surface area (Å²) in [7, 11) is -3.36. The van der Waals surface area contributed by atoms with Gasteiger partial charge >= 0.3 is 0 Å². The maximum atomic E-state index is 12.2. The molecule has 1 saturated heterocycles. The highest BCUT2D eigenvalue weighted by atomic mass is 35.5. The number of sulfonamides is 1. The van der Waals surface area contributed by atoms with Crippen LogP contribution in [0.4, 0.5) is 0 Å². The molecule has 1 aromatic carbocycles. The second-order valence-corrected chi connectivity index (χ2v) is 6.77. The fraction of sp³-hybridized carbons (Fsp3) is 0.385. The Bertz CT molecular complexity index is 555. The first-order chi connectivity index (χ1) is 8.99. The van der Waals surface area contributed by atoms with Gasteiger partial charge in [-0.15, -0.1) is 0 Å². The lowest BCUT2D eigenvalue weighted by molar-refractivity contribution is 0.287. The van der Waals surface area contributed by atoms with Crippen LogP contribution >= 0.6 is 11.6 Å². The molecule has 0 unspecified atom stereocenters. The number of nitrogens with one attached hydrogen (secondary N) is 1. The molecule has 2 rings (SSSR count). The molecular weight excluding hydrogens is 284 g/mol. The summed E-state index contributed by atoms with van der Waals surface area (Å²) in [5.74, 6) is 0. The van der Waals surface area contributed by atoms with Gasteiger partial charge in [0.25, 0.3) is 0 Å². The van der Waals surface area contributed by atoms with Gasteiger partial charge in [0.2, 0.25) is 10.0 Å². The van der Waals surface area contributed by atoms with Crippen LogP contribution in [0.3, 0.4) is 0 Å². The molecule has 0 spiro atoms. The van der Waals surface area contributed by atoms with E-state index in [0.29, 0.717) is 24.7 Å². The van der Waals surface area contributed by atoms with Crippen LogP contribution in [-0.4, -0.2) is 38.4 Å². The molecule has 104 valence electrons. The molecule has 1 fully saturated rings. The van der Waals surface area contributed by atoms with Crippen LogP contribution in [0.2, 0.25) is 5.02 Å². The summed E-state index contributed by atoms with van der Waals surface area (Å²) in [5.41, 5.74) is 0.816. The number of benzene rings is 1. The van der Waals surface area contributed by atoms with E-state index in [1.807, 2.05) is 6.92 Å². The lowest BCUT2D eigenvalue weighted by atomic mass is 10.2. The minimum absolute atomic E-state index is 0.0198. The van der Waals surface area contributed by atoms with Crippen molar-refractivity contribution in [3.63, 3.8) is 0 Å². The van der Waals surface area contributed by atoms with Crippen molar-refractivity contribution in [2.24, 2.45) is 0 Å². The number of rotatable bonds is 3. The number of nitrogens with zero attached hydrogens (tertiary/aromatic N) is 1. The van der Waals surface area contributed by atoms with E-state index in [1.165, 1.54) is 9.71 Å². The maximum Gasteiger partial charge on any atom is 0.236 e. The highest BCUT2D eigenvalue weighted by Crippen LogP contribution is 2.14. The van der Waals surface area contributed by atoms with E-state index in [9.17, 15) is 8.42 Å². The van der Waals surface area contributed by atoms with Crippen LogP contribution in [0.25, 0.3) is 6.08 Å². The molecule has 0 aromatic heterocycles. The molecule has 19 heavy (non-hydrogen) atoms. The van der Waals surface area contributed by atoms with Crippen molar-refractivity contribution >= 4 is 27.7 Å². The topological polar surface area (TPSA) is 49.4 Å². The Balaban J connectivity index is 2.14. The van der Waals surface area contributed by atoms with Crippen molar-refractivity contribution < 1.29 is 8.42 Å². The highest BCUT2D eigenvalue weighted by molar-refractivity contribution is 7.92. The third-order valence-electron chi connectivity index (χ3n) is 3.07. The second kappa shape index (κ2) is 6.05. The van der Waals surface area contributed by atoms with Crippen molar-refractivity contribution in [2.75, 3.05) is 19.6 Å². The van der Waals surface area contributed by atoms with Crippen LogP contribution in [0.15, 0.2) is 29.7 Å². The number of piperazine rings is 1. The Morgan fingerprint density at radius 3 is 2.68 bits per heavy atom. The standard InChI is InChI=1S/C13H17ClN2O2S/c1-11-10-15-7-8-16(11)19(17,18)9-6-12-2-4-13(14)5-3-12/h2-6,9,11,15H,7-8,10H2,1H3/b9-6+/t11-/m1/s1. The van der Waals surface area contributed by atoms with Crippen LogP contribution in [0.5, 0.6) is 0 Å². The van der Waals surface area contributed by atoms with Gasteiger partial charge in [0.15, 0.2) is 0 Å². The molecule has 0 saturated carbocycles. The first kappa shape index (κ1) is 14.5. The molecule has 6 heteroatoms. The Labute approximate surface area is 119 Å². The molecule has 0 radical (unpaired) electrons. The van der Waals surface area contributed by atoms with Gasteiger partial charge in [-0.3, -0.25) is 0 Å². The summed E-state index contributed by atoms with van der Waals surface area (Å²) in [6, 6.07) is 7.03. The fourth-order valence-electron chi connectivity index (χ4n) is 2.02. The Morgan fingerprint density at radius 1 is 1.37 bits per heavy atom. The van der Waals surface area contributed by atoms with Crippen molar-refractivity contribution in [1.29, 1.82) is 0 Å². The average Bonchev–Trinajstić information content (AvgIpc) is 2.38. The number of hydrogen-bond donors (Lipinski definition) is 1. The van der Waals surface area contributed by atoms with E-state index in [-0.39, 0.29) is 6.04 Å². The first-order valence-electron chi connectivity index (χ1n) is 6.15. The van der Waals surface area contributed by atoms with Crippen LogP contribution < -0.4 is 5.32 Å². The molecule has 0 aliphatic carbocycles. The van der Waals surface area contributed by atoms with E-state index in [0.717, 1.165) is 5.56 Å². The van der Waals surface area contributed by atoms with Gasteiger partial charge in [-0.2, -0.15) is 4.31 Å². The van der Waals surface area contributed by atoms with Gasteiger partial charge in [0.05, 0.1) is 0 Å². The highest BCUT2D eigenvalue weighted by Gasteiger charge is 2.27. The average molecular weight is 301 g/mol. The molecule has 1 aliphatic rings. The van der Waals surface area contributed by atoms with Gasteiger partial charge in [-0.05, 0) is 30.7 Å². The van der Waals surface area contributed by atoms with E-state index < -0.39 is 10.0 Å². The smallest absolute Gasteiger partial charge is 0.236 e. The van der Waals surface area contributed by atoms with Crippen molar-refractivity contribution in [3.05, 3.63) is 40.3 Å². The van der Waals surface area contributed by atoms with E-state index in [4.69, 9.17) is 11.6 Å². The third-order valence-corrected chi connectivity index (χ3v) is 5.00. The molecule has 1 aliphatic heterocycles. The lowest BCUT2D eigenvalue weighted by Crippen LogP contribution is -2.51. The zero-order valence-corrected chi connectivity index (χ0v) is 12.3. The Hall–Kier alpha value is -0.880. The molecule has 1 heterocycles. The normalized spacial score (nSPS) is 21.9. The monoisotopic (exact) mass is 300 g/mol. The summed E-state index contributed by atoms with van der Waals surface area (Å²) < 4.78 is 26.0. The molecular formula is C13H17ClN2O2S. The minimum Gasteiger partial charge on any atom is -0.314 e. The zero-order valence-electron chi connectivity index (χ0n) is 10.7. The predicted octanol–water partition coefficient (Wildman–Crippen LogP) is 1.93. The maximum absolute atomic E-state index is 12.2. The van der Waals surface area contributed by atoms with Gasteiger partial charge in [0, 0.05) is 36.1 Å². The summed E-state index contributed by atoms with van der Waals surface area (Å²) in [6.07, 6.45) is 1.60. The van der Waals surface area contributed by atoms with Gasteiger partial charge in [0.1, 0.15) is 0 Å². The van der Waals surface area contributed by atoms with Gasteiger partial charge < -0.3 is 5.32 Å². The second-order valence-electron chi connectivity index (χ2n) is 4.56. The van der Waals surface area contributed by atoms with Gasteiger partial charge in [-0.25, -0.2) is 8.42 Å². The Kier molecular flexibility index (Phi) is 4.62. The van der Waals surface area contributed by atoms with Gasteiger partial charge in [-0.1, -0.05) is 23.7 Å². The molecule has 0 bridgehead atoms. The van der Waals surface area contributed by atoms with Crippen molar-refractivity contribution in [1.82, 2.24) is 9.62 Å². The number of halogens is 1. The summed E-state index contributed by atoms with van der Waals surface area (Å²) in [5, 5.41) is 5.07. The zero-order chi connectivity index (χ0) is 13.9. The van der Waals surface area contributed by atoms with E-state index in [1.54, 1.807) is 30.3 Å². The first-order valence-corrected chi connectivity index (χ1v) is 8.03.